The molecular weight excluding hydrogens is 733 g/mol. The quantitative estimate of drug-likeness (QED) is 0.0200. The molecular formula is C53H94O6. The normalized spacial score (nSPS) is 12.4. The highest BCUT2D eigenvalue weighted by Gasteiger charge is 2.19. The van der Waals surface area contributed by atoms with Gasteiger partial charge in [-0.2, -0.15) is 0 Å². The van der Waals surface area contributed by atoms with Gasteiger partial charge >= 0.3 is 17.9 Å². The first kappa shape index (κ1) is 56.4. The monoisotopic (exact) mass is 827 g/mol. The Balaban J connectivity index is 4.36. The average molecular weight is 827 g/mol. The second-order valence-corrected chi connectivity index (χ2v) is 16.7. The third-order valence-electron chi connectivity index (χ3n) is 10.8. The van der Waals surface area contributed by atoms with Crippen molar-refractivity contribution < 1.29 is 28.6 Å². The largest absolute Gasteiger partial charge is 0.462 e. The summed E-state index contributed by atoms with van der Waals surface area (Å²) in [7, 11) is 0. The van der Waals surface area contributed by atoms with E-state index in [1.165, 1.54) is 122 Å². The Morgan fingerprint density at radius 2 is 0.627 bits per heavy atom. The molecule has 6 heteroatoms. The van der Waals surface area contributed by atoms with Crippen molar-refractivity contribution in [2.24, 2.45) is 0 Å². The van der Waals surface area contributed by atoms with Gasteiger partial charge in [0.1, 0.15) is 13.2 Å². The summed E-state index contributed by atoms with van der Waals surface area (Å²) < 4.78 is 16.7. The predicted octanol–water partition coefficient (Wildman–Crippen LogP) is 16.3. The zero-order chi connectivity index (χ0) is 43.0. The number of carbonyl (C=O) groups excluding carboxylic acids is 3. The van der Waals surface area contributed by atoms with Crippen LogP contribution in [0, 0.1) is 0 Å². The standard InChI is InChI=1S/C53H94O6/c1-4-7-10-13-16-19-22-24-25-26-27-28-29-32-34-37-40-43-46-52(55)58-49-50(48-57-51(54)45-42-39-36-33-30-21-18-15-12-9-6-3)59-53(56)47-44-41-38-35-31-23-20-17-14-11-8-5-2/h15,17-18,20-21,27-28,30,50H,4-14,16,19,22-26,29,31-49H2,1-3H3/b18-15-,20-17-,28-27-,30-21-. The third-order valence-corrected chi connectivity index (χ3v) is 10.8. The lowest BCUT2D eigenvalue weighted by Crippen LogP contribution is -2.30. The zero-order valence-corrected chi connectivity index (χ0v) is 39.0. The topological polar surface area (TPSA) is 78.9 Å². The van der Waals surface area contributed by atoms with Crippen molar-refractivity contribution >= 4 is 17.9 Å². The molecule has 0 aromatic rings. The van der Waals surface area contributed by atoms with E-state index in [0.717, 1.165) is 89.9 Å². The third kappa shape index (κ3) is 46.3. The lowest BCUT2D eigenvalue weighted by molar-refractivity contribution is -0.167. The molecule has 0 rings (SSSR count). The molecule has 0 heterocycles. The van der Waals surface area contributed by atoms with Gasteiger partial charge in [0.15, 0.2) is 6.10 Å². The Hall–Kier alpha value is -2.63. The van der Waals surface area contributed by atoms with Gasteiger partial charge in [0.25, 0.3) is 0 Å². The van der Waals surface area contributed by atoms with E-state index in [4.69, 9.17) is 14.2 Å². The molecule has 0 saturated heterocycles. The average Bonchev–Trinajstić information content (AvgIpc) is 3.23. The van der Waals surface area contributed by atoms with Gasteiger partial charge in [0.05, 0.1) is 0 Å². The molecule has 0 aliphatic rings. The van der Waals surface area contributed by atoms with E-state index in [1.807, 2.05) is 0 Å². The number of esters is 3. The number of hydrogen-bond acceptors (Lipinski definition) is 6. The van der Waals surface area contributed by atoms with Crippen LogP contribution in [0.25, 0.3) is 0 Å². The van der Waals surface area contributed by atoms with Crippen LogP contribution in [0.4, 0.5) is 0 Å². The minimum atomic E-state index is -0.789. The van der Waals surface area contributed by atoms with E-state index in [9.17, 15) is 14.4 Å². The van der Waals surface area contributed by atoms with Crippen molar-refractivity contribution in [1.82, 2.24) is 0 Å². The summed E-state index contributed by atoms with van der Waals surface area (Å²) in [6, 6.07) is 0. The van der Waals surface area contributed by atoms with Crippen LogP contribution in [0.5, 0.6) is 0 Å². The maximum Gasteiger partial charge on any atom is 0.306 e. The molecule has 0 bridgehead atoms. The molecule has 59 heavy (non-hydrogen) atoms. The van der Waals surface area contributed by atoms with Crippen molar-refractivity contribution in [3.05, 3.63) is 48.6 Å². The fourth-order valence-corrected chi connectivity index (χ4v) is 6.94. The molecule has 0 aliphatic heterocycles. The summed E-state index contributed by atoms with van der Waals surface area (Å²) in [6.07, 6.45) is 56.7. The SMILES string of the molecule is CCCC/C=C\C=C/CCCCCC(=O)OCC(COC(=O)CCCCCCC/C=C\CCCCCCCCCCC)OC(=O)CCCCCCC/C=C\CCCCC. The highest BCUT2D eigenvalue weighted by atomic mass is 16.6. The molecule has 0 spiro atoms. The van der Waals surface area contributed by atoms with Crippen LogP contribution in [0.1, 0.15) is 252 Å². The van der Waals surface area contributed by atoms with Crippen LogP contribution in [0.3, 0.4) is 0 Å². The first-order valence-electron chi connectivity index (χ1n) is 25.2. The molecule has 0 amide bonds. The maximum absolute atomic E-state index is 12.7. The van der Waals surface area contributed by atoms with Crippen LogP contribution in [0.15, 0.2) is 48.6 Å². The summed E-state index contributed by atoms with van der Waals surface area (Å²) in [5, 5.41) is 0. The number of ether oxygens (including phenoxy) is 3. The number of rotatable bonds is 45. The van der Waals surface area contributed by atoms with Gasteiger partial charge in [-0.3, -0.25) is 14.4 Å². The van der Waals surface area contributed by atoms with Gasteiger partial charge < -0.3 is 14.2 Å². The summed E-state index contributed by atoms with van der Waals surface area (Å²) in [6.45, 7) is 6.53. The fraction of sp³-hybridized carbons (Fsp3) is 0.792. The molecule has 342 valence electrons. The van der Waals surface area contributed by atoms with Crippen LogP contribution in [0.2, 0.25) is 0 Å². The molecule has 0 N–H and O–H groups in total. The van der Waals surface area contributed by atoms with E-state index in [-0.39, 0.29) is 31.1 Å². The number of unbranched alkanes of at least 4 members (excludes halogenated alkanes) is 27. The molecule has 0 aliphatic carbocycles. The summed E-state index contributed by atoms with van der Waals surface area (Å²) in [5.74, 6) is -0.932. The van der Waals surface area contributed by atoms with Gasteiger partial charge in [0, 0.05) is 19.3 Å². The number of hydrogen-bond donors (Lipinski definition) is 0. The Morgan fingerprint density at radius 3 is 1.05 bits per heavy atom. The van der Waals surface area contributed by atoms with Gasteiger partial charge in [-0.25, -0.2) is 0 Å². The highest BCUT2D eigenvalue weighted by molar-refractivity contribution is 5.71. The first-order chi connectivity index (χ1) is 29.0. The zero-order valence-electron chi connectivity index (χ0n) is 39.0. The van der Waals surface area contributed by atoms with Crippen molar-refractivity contribution in [1.29, 1.82) is 0 Å². The van der Waals surface area contributed by atoms with Crippen molar-refractivity contribution in [2.45, 2.75) is 258 Å². The van der Waals surface area contributed by atoms with Crippen LogP contribution >= 0.6 is 0 Å². The van der Waals surface area contributed by atoms with Gasteiger partial charge in [-0.15, -0.1) is 0 Å². The second-order valence-electron chi connectivity index (χ2n) is 16.7. The molecule has 0 radical (unpaired) electrons. The summed E-state index contributed by atoms with van der Waals surface area (Å²) in [5.41, 5.74) is 0. The number of carbonyl (C=O) groups is 3. The van der Waals surface area contributed by atoms with Crippen molar-refractivity contribution in [2.75, 3.05) is 13.2 Å². The molecule has 1 unspecified atom stereocenters. The van der Waals surface area contributed by atoms with E-state index in [0.29, 0.717) is 19.3 Å². The van der Waals surface area contributed by atoms with Gasteiger partial charge in [-0.05, 0) is 89.9 Å². The molecule has 0 saturated carbocycles. The van der Waals surface area contributed by atoms with Crippen LogP contribution in [-0.4, -0.2) is 37.2 Å². The molecule has 1 atom stereocenters. The highest BCUT2D eigenvalue weighted by Crippen LogP contribution is 2.14. The Morgan fingerprint density at radius 1 is 0.339 bits per heavy atom. The lowest BCUT2D eigenvalue weighted by atomic mass is 10.1. The van der Waals surface area contributed by atoms with E-state index >= 15 is 0 Å². The second kappa shape index (κ2) is 48.0. The maximum atomic E-state index is 12.7. The van der Waals surface area contributed by atoms with Crippen LogP contribution < -0.4 is 0 Å². The number of allylic oxidation sites excluding steroid dienone is 8. The fourth-order valence-electron chi connectivity index (χ4n) is 6.94. The van der Waals surface area contributed by atoms with Gasteiger partial charge in [0.2, 0.25) is 0 Å². The Kier molecular flexibility index (Phi) is 45.9. The smallest absolute Gasteiger partial charge is 0.306 e. The Bertz CT molecular complexity index is 1040. The van der Waals surface area contributed by atoms with E-state index < -0.39 is 6.10 Å². The molecule has 6 nitrogen and oxygen atoms in total. The van der Waals surface area contributed by atoms with E-state index in [1.54, 1.807) is 0 Å². The van der Waals surface area contributed by atoms with Crippen LogP contribution in [-0.2, 0) is 28.6 Å². The Labute approximate surface area is 365 Å². The molecule has 0 fully saturated rings. The summed E-state index contributed by atoms with van der Waals surface area (Å²) in [4.78, 5) is 37.8. The molecule has 0 aromatic heterocycles. The lowest BCUT2D eigenvalue weighted by Gasteiger charge is -2.18. The predicted molar refractivity (Wildman–Crippen MR) is 252 cm³/mol. The minimum absolute atomic E-state index is 0.0889. The van der Waals surface area contributed by atoms with Crippen molar-refractivity contribution in [3.8, 4) is 0 Å². The summed E-state index contributed by atoms with van der Waals surface area (Å²) >= 11 is 0. The minimum Gasteiger partial charge on any atom is -0.462 e. The first-order valence-corrected chi connectivity index (χ1v) is 25.2. The van der Waals surface area contributed by atoms with Gasteiger partial charge in [-0.1, -0.05) is 191 Å². The molecule has 0 aromatic carbocycles. The van der Waals surface area contributed by atoms with E-state index in [2.05, 4.69) is 69.4 Å². The van der Waals surface area contributed by atoms with Crippen molar-refractivity contribution in [3.63, 3.8) is 0 Å².